The van der Waals surface area contributed by atoms with E-state index in [1.807, 2.05) is 24.3 Å². The lowest BCUT2D eigenvalue weighted by Crippen LogP contribution is -2.11. The number of fused-ring (bicyclic) bond motifs is 2. The first kappa shape index (κ1) is 10.2. The van der Waals surface area contributed by atoms with Gasteiger partial charge in [0.05, 0.1) is 10.9 Å². The summed E-state index contributed by atoms with van der Waals surface area (Å²) in [6.45, 7) is 0. The minimum Gasteiger partial charge on any atom is -0.504 e. The van der Waals surface area contributed by atoms with Crippen LogP contribution in [-0.2, 0) is 0 Å². The Hall–Kier alpha value is -2.75. The molecule has 2 aromatic heterocycles. The standard InChI is InChI=1S/C15H9NO3/c17-11-5-4-10-12(14(11)18)9-3-1-2-8-6-7-16(13(8)9)15(10)19/h1-7,17-18H. The highest BCUT2D eigenvalue weighted by molar-refractivity contribution is 6.14. The van der Waals surface area contributed by atoms with Crippen LogP contribution in [0, 0.1) is 0 Å². The normalized spacial score (nSPS) is 11.8. The van der Waals surface area contributed by atoms with Crippen molar-refractivity contribution < 1.29 is 10.2 Å². The Balaban J connectivity index is 2.51. The zero-order valence-electron chi connectivity index (χ0n) is 9.79. The fourth-order valence-electron chi connectivity index (χ4n) is 2.73. The summed E-state index contributed by atoms with van der Waals surface area (Å²) in [5.74, 6) is -0.464. The van der Waals surface area contributed by atoms with Crippen LogP contribution in [0.3, 0.4) is 0 Å². The molecule has 4 aromatic rings. The third-order valence-corrected chi connectivity index (χ3v) is 3.59. The zero-order chi connectivity index (χ0) is 13.1. The molecule has 0 amide bonds. The maximum absolute atomic E-state index is 12.4. The van der Waals surface area contributed by atoms with Crippen molar-refractivity contribution >= 4 is 27.1 Å². The number of nitrogens with zero attached hydrogens (tertiary/aromatic N) is 1. The van der Waals surface area contributed by atoms with Crippen LogP contribution in [0.2, 0.25) is 0 Å². The number of benzene rings is 2. The highest BCUT2D eigenvalue weighted by Gasteiger charge is 2.15. The molecular formula is C15H9NO3. The van der Waals surface area contributed by atoms with Gasteiger partial charge in [0.25, 0.3) is 5.56 Å². The summed E-state index contributed by atoms with van der Waals surface area (Å²) in [5, 5.41) is 22.2. The first-order chi connectivity index (χ1) is 9.18. The second-order valence-corrected chi connectivity index (χ2v) is 4.59. The molecule has 92 valence electrons. The Bertz CT molecular complexity index is 1000. The third kappa shape index (κ3) is 1.10. The Morgan fingerprint density at radius 3 is 2.63 bits per heavy atom. The van der Waals surface area contributed by atoms with Crippen molar-refractivity contribution in [1.29, 1.82) is 0 Å². The van der Waals surface area contributed by atoms with Crippen LogP contribution in [0.5, 0.6) is 11.5 Å². The van der Waals surface area contributed by atoms with E-state index in [1.165, 1.54) is 12.1 Å². The Morgan fingerprint density at radius 2 is 1.79 bits per heavy atom. The fourth-order valence-corrected chi connectivity index (χ4v) is 2.73. The third-order valence-electron chi connectivity index (χ3n) is 3.59. The molecule has 2 N–H and O–H groups in total. The highest BCUT2D eigenvalue weighted by Crippen LogP contribution is 2.37. The van der Waals surface area contributed by atoms with Gasteiger partial charge in [-0.2, -0.15) is 0 Å². The topological polar surface area (TPSA) is 61.9 Å². The summed E-state index contributed by atoms with van der Waals surface area (Å²) in [6, 6.07) is 10.3. The quantitative estimate of drug-likeness (QED) is 0.373. The molecule has 2 heterocycles. The van der Waals surface area contributed by atoms with E-state index in [1.54, 1.807) is 10.6 Å². The minimum atomic E-state index is -0.245. The van der Waals surface area contributed by atoms with Crippen molar-refractivity contribution in [3.63, 3.8) is 0 Å². The van der Waals surface area contributed by atoms with Gasteiger partial charge >= 0.3 is 0 Å². The van der Waals surface area contributed by atoms with Crippen LogP contribution in [0.1, 0.15) is 0 Å². The molecule has 0 saturated carbocycles. The predicted octanol–water partition coefficient (Wildman–Crippen LogP) is 2.45. The van der Waals surface area contributed by atoms with E-state index in [2.05, 4.69) is 0 Å². The summed E-state index contributed by atoms with van der Waals surface area (Å²) in [7, 11) is 0. The van der Waals surface area contributed by atoms with Crippen LogP contribution < -0.4 is 5.56 Å². The summed E-state index contributed by atoms with van der Waals surface area (Å²) < 4.78 is 1.57. The van der Waals surface area contributed by atoms with E-state index >= 15 is 0 Å². The maximum atomic E-state index is 12.4. The minimum absolute atomic E-state index is 0.195. The summed E-state index contributed by atoms with van der Waals surface area (Å²) in [6.07, 6.45) is 1.73. The van der Waals surface area contributed by atoms with Crippen LogP contribution >= 0.6 is 0 Å². The van der Waals surface area contributed by atoms with Gasteiger partial charge in [0.2, 0.25) is 0 Å². The number of para-hydroxylation sites is 1. The molecule has 4 nitrogen and oxygen atoms in total. The van der Waals surface area contributed by atoms with Crippen molar-refractivity contribution in [3.8, 4) is 11.5 Å². The van der Waals surface area contributed by atoms with Gasteiger partial charge in [-0.1, -0.05) is 18.2 Å². The summed E-state index contributed by atoms with van der Waals surface area (Å²) >= 11 is 0. The molecule has 0 aliphatic rings. The van der Waals surface area contributed by atoms with Gasteiger partial charge in [-0.3, -0.25) is 9.20 Å². The van der Waals surface area contributed by atoms with E-state index in [0.717, 1.165) is 16.3 Å². The second-order valence-electron chi connectivity index (χ2n) is 4.59. The number of rotatable bonds is 0. The lowest BCUT2D eigenvalue weighted by molar-refractivity contribution is 0.408. The molecule has 0 unspecified atom stereocenters. The zero-order valence-corrected chi connectivity index (χ0v) is 9.79. The number of aromatic nitrogens is 1. The molecule has 4 heteroatoms. The maximum Gasteiger partial charge on any atom is 0.263 e. The Kier molecular flexibility index (Phi) is 1.70. The van der Waals surface area contributed by atoms with Gasteiger partial charge in [-0.25, -0.2) is 0 Å². The monoisotopic (exact) mass is 251 g/mol. The molecule has 0 fully saturated rings. The summed E-state index contributed by atoms with van der Waals surface area (Å²) in [5.41, 5.74) is 0.569. The van der Waals surface area contributed by atoms with Crippen LogP contribution in [-0.4, -0.2) is 14.6 Å². The van der Waals surface area contributed by atoms with Crippen molar-refractivity contribution in [2.45, 2.75) is 0 Å². The predicted molar refractivity (Wildman–Crippen MR) is 73.2 cm³/mol. The molecule has 0 saturated heterocycles. The number of hydrogen-bond acceptors (Lipinski definition) is 3. The molecule has 0 atom stereocenters. The van der Waals surface area contributed by atoms with Crippen LogP contribution in [0.4, 0.5) is 0 Å². The molecule has 4 rings (SSSR count). The molecule has 0 bridgehead atoms. The SMILES string of the molecule is O=c1c2ccc(O)c(O)c2c2cccc3ccn1c32. The molecule has 2 aromatic carbocycles. The average molecular weight is 251 g/mol. The van der Waals surface area contributed by atoms with Gasteiger partial charge < -0.3 is 10.2 Å². The van der Waals surface area contributed by atoms with Gasteiger partial charge in [-0.15, -0.1) is 0 Å². The highest BCUT2D eigenvalue weighted by atomic mass is 16.3. The number of aromatic hydroxyl groups is 2. The lowest BCUT2D eigenvalue weighted by Gasteiger charge is -2.08. The van der Waals surface area contributed by atoms with Crippen molar-refractivity contribution in [2.75, 3.05) is 0 Å². The van der Waals surface area contributed by atoms with E-state index in [0.29, 0.717) is 10.8 Å². The van der Waals surface area contributed by atoms with Gasteiger partial charge in [0, 0.05) is 22.4 Å². The van der Waals surface area contributed by atoms with Crippen LogP contribution in [0.15, 0.2) is 47.4 Å². The molecular weight excluding hydrogens is 242 g/mol. The smallest absolute Gasteiger partial charge is 0.263 e. The fraction of sp³-hybridized carbons (Fsp3) is 0. The lowest BCUT2D eigenvalue weighted by atomic mass is 10.0. The van der Waals surface area contributed by atoms with E-state index in [-0.39, 0.29) is 17.1 Å². The molecule has 0 aliphatic heterocycles. The largest absolute Gasteiger partial charge is 0.504 e. The van der Waals surface area contributed by atoms with Crippen LogP contribution in [0.25, 0.3) is 27.1 Å². The first-order valence-electron chi connectivity index (χ1n) is 5.88. The van der Waals surface area contributed by atoms with E-state index in [4.69, 9.17) is 0 Å². The Morgan fingerprint density at radius 1 is 0.947 bits per heavy atom. The molecule has 0 spiro atoms. The Labute approximate surface area is 107 Å². The van der Waals surface area contributed by atoms with E-state index < -0.39 is 0 Å². The van der Waals surface area contributed by atoms with Crippen molar-refractivity contribution in [1.82, 2.24) is 4.40 Å². The number of phenolic OH excluding ortho intramolecular Hbond substituents is 2. The second kappa shape index (κ2) is 3.17. The number of pyridine rings is 1. The first-order valence-corrected chi connectivity index (χ1v) is 5.88. The summed E-state index contributed by atoms with van der Waals surface area (Å²) in [4.78, 5) is 12.4. The number of phenols is 2. The molecule has 19 heavy (non-hydrogen) atoms. The average Bonchev–Trinajstić information content (AvgIpc) is 2.84. The van der Waals surface area contributed by atoms with Gasteiger partial charge in [-0.05, 0) is 18.2 Å². The number of hydrogen-bond donors (Lipinski definition) is 2. The van der Waals surface area contributed by atoms with Crippen molar-refractivity contribution in [2.24, 2.45) is 0 Å². The molecule has 0 aliphatic carbocycles. The van der Waals surface area contributed by atoms with Gasteiger partial charge in [0.1, 0.15) is 0 Å². The van der Waals surface area contributed by atoms with E-state index in [9.17, 15) is 15.0 Å². The van der Waals surface area contributed by atoms with Gasteiger partial charge in [0.15, 0.2) is 11.5 Å². The molecule has 0 radical (unpaired) electrons. The van der Waals surface area contributed by atoms with Crippen molar-refractivity contribution in [3.05, 3.63) is 52.9 Å².